The SMILES string of the molecule is NCCC1(C[C@H](NC(=O)OCc2ccccc2)c2ccccc2)OCCCO1. The number of ether oxygens (including phenoxy) is 3. The van der Waals surface area contributed by atoms with Gasteiger partial charge in [0.25, 0.3) is 0 Å². The molecule has 0 radical (unpaired) electrons. The van der Waals surface area contributed by atoms with Crippen LogP contribution in [-0.4, -0.2) is 31.6 Å². The molecule has 0 aromatic heterocycles. The number of carbonyl (C=O) groups excluding carboxylic acids is 1. The Bertz CT molecular complexity index is 712. The van der Waals surface area contributed by atoms with E-state index in [-0.39, 0.29) is 12.6 Å². The van der Waals surface area contributed by atoms with Gasteiger partial charge in [-0.15, -0.1) is 0 Å². The molecule has 1 fully saturated rings. The summed E-state index contributed by atoms with van der Waals surface area (Å²) >= 11 is 0. The molecule has 6 nitrogen and oxygen atoms in total. The number of hydrogen-bond donors (Lipinski definition) is 2. The minimum absolute atomic E-state index is 0.217. The largest absolute Gasteiger partial charge is 0.445 e. The Morgan fingerprint density at radius 3 is 2.36 bits per heavy atom. The van der Waals surface area contributed by atoms with Crippen molar-refractivity contribution >= 4 is 6.09 Å². The minimum atomic E-state index is -0.791. The smallest absolute Gasteiger partial charge is 0.407 e. The van der Waals surface area contributed by atoms with E-state index in [1.165, 1.54) is 0 Å². The van der Waals surface area contributed by atoms with Crippen LogP contribution in [0.25, 0.3) is 0 Å². The first kappa shape index (κ1) is 20.3. The summed E-state index contributed by atoms with van der Waals surface area (Å²) in [5.41, 5.74) is 7.70. The molecular weight excluding hydrogens is 356 g/mol. The Labute approximate surface area is 166 Å². The predicted molar refractivity (Wildman–Crippen MR) is 106 cm³/mol. The van der Waals surface area contributed by atoms with Gasteiger partial charge >= 0.3 is 6.09 Å². The van der Waals surface area contributed by atoms with E-state index < -0.39 is 11.9 Å². The molecule has 1 heterocycles. The molecular formula is C22H28N2O4. The summed E-state index contributed by atoms with van der Waals surface area (Å²) in [5, 5.41) is 2.97. The molecule has 3 rings (SSSR count). The average molecular weight is 384 g/mol. The van der Waals surface area contributed by atoms with Crippen LogP contribution in [-0.2, 0) is 20.8 Å². The number of rotatable bonds is 8. The van der Waals surface area contributed by atoms with Gasteiger partial charge in [0.2, 0.25) is 0 Å². The molecule has 2 aromatic carbocycles. The molecule has 0 saturated carbocycles. The summed E-state index contributed by atoms with van der Waals surface area (Å²) in [7, 11) is 0. The van der Waals surface area contributed by atoms with Crippen molar-refractivity contribution in [3.8, 4) is 0 Å². The van der Waals surface area contributed by atoms with Gasteiger partial charge in [-0.2, -0.15) is 0 Å². The Morgan fingerprint density at radius 1 is 1.07 bits per heavy atom. The van der Waals surface area contributed by atoms with Crippen LogP contribution < -0.4 is 11.1 Å². The molecule has 2 aromatic rings. The van der Waals surface area contributed by atoms with Crippen LogP contribution >= 0.6 is 0 Å². The van der Waals surface area contributed by atoms with Gasteiger partial charge < -0.3 is 25.3 Å². The van der Waals surface area contributed by atoms with Crippen molar-refractivity contribution in [3.05, 3.63) is 71.8 Å². The molecule has 1 saturated heterocycles. The molecule has 0 aliphatic carbocycles. The average Bonchev–Trinajstić information content (AvgIpc) is 2.74. The zero-order valence-corrected chi connectivity index (χ0v) is 16.0. The summed E-state index contributed by atoms with van der Waals surface area (Å²) in [4.78, 5) is 12.5. The number of carbonyl (C=O) groups is 1. The fraction of sp³-hybridized carbons (Fsp3) is 0.409. The second-order valence-corrected chi connectivity index (χ2v) is 6.87. The summed E-state index contributed by atoms with van der Waals surface area (Å²) in [6.07, 6.45) is 1.41. The van der Waals surface area contributed by atoms with E-state index in [2.05, 4.69) is 5.32 Å². The summed E-state index contributed by atoms with van der Waals surface area (Å²) in [6, 6.07) is 19.1. The van der Waals surface area contributed by atoms with E-state index in [9.17, 15) is 4.79 Å². The van der Waals surface area contributed by atoms with Crippen molar-refractivity contribution in [2.75, 3.05) is 19.8 Å². The molecule has 1 aliphatic heterocycles. The van der Waals surface area contributed by atoms with Crippen molar-refractivity contribution in [2.45, 2.75) is 37.7 Å². The molecule has 0 spiro atoms. The number of nitrogens with one attached hydrogen (secondary N) is 1. The van der Waals surface area contributed by atoms with Gasteiger partial charge in [-0.3, -0.25) is 0 Å². The zero-order chi connectivity index (χ0) is 19.7. The second-order valence-electron chi connectivity index (χ2n) is 6.87. The van der Waals surface area contributed by atoms with E-state index >= 15 is 0 Å². The lowest BCUT2D eigenvalue weighted by atomic mass is 9.96. The highest BCUT2D eigenvalue weighted by molar-refractivity contribution is 5.68. The van der Waals surface area contributed by atoms with Gasteiger partial charge in [-0.05, 0) is 24.1 Å². The lowest BCUT2D eigenvalue weighted by Gasteiger charge is -2.39. The maximum absolute atomic E-state index is 12.5. The zero-order valence-electron chi connectivity index (χ0n) is 16.0. The monoisotopic (exact) mass is 384 g/mol. The van der Waals surface area contributed by atoms with Crippen molar-refractivity contribution in [3.63, 3.8) is 0 Å². The van der Waals surface area contributed by atoms with Crippen LogP contribution in [0.5, 0.6) is 0 Å². The number of alkyl carbamates (subject to hydrolysis) is 1. The lowest BCUT2D eigenvalue weighted by molar-refractivity contribution is -0.274. The maximum Gasteiger partial charge on any atom is 0.407 e. The van der Waals surface area contributed by atoms with Crippen LogP contribution in [0.2, 0.25) is 0 Å². The van der Waals surface area contributed by atoms with E-state index in [1.807, 2.05) is 60.7 Å². The third-order valence-electron chi connectivity index (χ3n) is 4.77. The topological polar surface area (TPSA) is 82.8 Å². The highest BCUT2D eigenvalue weighted by atomic mass is 16.7. The lowest BCUT2D eigenvalue weighted by Crippen LogP contribution is -2.46. The van der Waals surface area contributed by atoms with Crippen molar-refractivity contribution in [2.24, 2.45) is 5.73 Å². The highest BCUT2D eigenvalue weighted by Crippen LogP contribution is 2.33. The molecule has 6 heteroatoms. The first-order valence-corrected chi connectivity index (χ1v) is 9.71. The quantitative estimate of drug-likeness (QED) is 0.728. The van der Waals surface area contributed by atoms with Gasteiger partial charge in [-0.1, -0.05) is 60.7 Å². The summed E-state index contributed by atoms with van der Waals surface area (Å²) < 4.78 is 17.4. The summed E-state index contributed by atoms with van der Waals surface area (Å²) in [6.45, 7) is 1.91. The van der Waals surface area contributed by atoms with E-state index in [1.54, 1.807) is 0 Å². The van der Waals surface area contributed by atoms with Crippen LogP contribution in [0, 0.1) is 0 Å². The Kier molecular flexibility index (Phi) is 7.42. The highest BCUT2D eigenvalue weighted by Gasteiger charge is 2.37. The normalized spacial score (nSPS) is 16.9. The first-order valence-electron chi connectivity index (χ1n) is 9.71. The number of benzene rings is 2. The molecule has 28 heavy (non-hydrogen) atoms. The molecule has 150 valence electrons. The van der Waals surface area contributed by atoms with Crippen LogP contribution in [0.4, 0.5) is 4.79 Å². The van der Waals surface area contributed by atoms with E-state index in [0.29, 0.717) is 32.6 Å². The number of hydrogen-bond acceptors (Lipinski definition) is 5. The van der Waals surface area contributed by atoms with Gasteiger partial charge in [0.1, 0.15) is 6.61 Å². The Hall–Kier alpha value is -2.41. The first-order chi connectivity index (χ1) is 13.7. The molecule has 1 atom stereocenters. The predicted octanol–water partition coefficient (Wildman–Crippen LogP) is 3.53. The third-order valence-corrected chi connectivity index (χ3v) is 4.77. The van der Waals surface area contributed by atoms with Crippen molar-refractivity contribution < 1.29 is 19.0 Å². The van der Waals surface area contributed by atoms with Gasteiger partial charge in [0, 0.05) is 12.8 Å². The molecule has 1 aliphatic rings. The maximum atomic E-state index is 12.5. The second kappa shape index (κ2) is 10.2. The molecule has 1 amide bonds. The molecule has 3 N–H and O–H groups in total. The van der Waals surface area contributed by atoms with E-state index in [0.717, 1.165) is 17.5 Å². The Morgan fingerprint density at radius 2 is 1.71 bits per heavy atom. The number of amides is 1. The van der Waals surface area contributed by atoms with Crippen molar-refractivity contribution in [1.82, 2.24) is 5.32 Å². The standard InChI is InChI=1S/C22H28N2O4/c23-13-12-22(27-14-7-15-28-22)16-20(19-10-5-2-6-11-19)24-21(25)26-17-18-8-3-1-4-9-18/h1-6,8-11,20H,7,12-17,23H2,(H,24,25)/t20-/m0/s1. The molecule has 0 bridgehead atoms. The van der Waals surface area contributed by atoms with Gasteiger partial charge in [0.05, 0.1) is 19.3 Å². The van der Waals surface area contributed by atoms with Gasteiger partial charge in [-0.25, -0.2) is 4.79 Å². The summed E-state index contributed by atoms with van der Waals surface area (Å²) in [5.74, 6) is -0.791. The van der Waals surface area contributed by atoms with Crippen LogP contribution in [0.1, 0.15) is 36.4 Å². The fourth-order valence-corrected chi connectivity index (χ4v) is 3.36. The van der Waals surface area contributed by atoms with Crippen molar-refractivity contribution in [1.29, 1.82) is 0 Å². The Balaban J connectivity index is 1.69. The van der Waals surface area contributed by atoms with Crippen LogP contribution in [0.15, 0.2) is 60.7 Å². The van der Waals surface area contributed by atoms with Gasteiger partial charge in [0.15, 0.2) is 5.79 Å². The fourth-order valence-electron chi connectivity index (χ4n) is 3.36. The number of nitrogens with two attached hydrogens (primary N) is 1. The minimum Gasteiger partial charge on any atom is -0.445 e. The third kappa shape index (κ3) is 5.79. The van der Waals surface area contributed by atoms with E-state index in [4.69, 9.17) is 19.9 Å². The van der Waals surface area contributed by atoms with Crippen LogP contribution in [0.3, 0.4) is 0 Å². The molecule has 0 unspecified atom stereocenters.